The molecule has 1 atom stereocenters. The molecule has 1 aliphatic rings. The zero-order valence-corrected chi connectivity index (χ0v) is 14.7. The molecule has 1 heterocycles. The van der Waals surface area contributed by atoms with Gasteiger partial charge in [0.1, 0.15) is 6.61 Å². The Balaban J connectivity index is 1.75. The average molecular weight is 388 g/mol. The van der Waals surface area contributed by atoms with Gasteiger partial charge in [0.15, 0.2) is 5.78 Å². The third-order valence-electron chi connectivity index (χ3n) is 4.19. The summed E-state index contributed by atoms with van der Waals surface area (Å²) in [5.41, 5.74) is 3.10. The average Bonchev–Trinajstić information content (AvgIpc) is 2.65. The summed E-state index contributed by atoms with van der Waals surface area (Å²) in [6, 6.07) is 16.9. The minimum absolute atomic E-state index is 0.0128. The Morgan fingerprint density at radius 3 is 2.42 bits per heavy atom. The lowest BCUT2D eigenvalue weighted by molar-refractivity contribution is -0.121. The van der Waals surface area contributed by atoms with Crippen LogP contribution in [0.5, 0.6) is 0 Å². The van der Waals surface area contributed by atoms with E-state index >= 15 is 0 Å². The number of amides is 1. The predicted octanol–water partition coefficient (Wildman–Crippen LogP) is 3.71. The summed E-state index contributed by atoms with van der Waals surface area (Å²) in [4.78, 5) is 26.4. The summed E-state index contributed by atoms with van der Waals surface area (Å²) < 4.78 is 5.43. The van der Waals surface area contributed by atoms with E-state index in [1.54, 1.807) is 0 Å². The Kier molecular flexibility index (Phi) is 5.30. The van der Waals surface area contributed by atoms with Gasteiger partial charge in [0.25, 0.3) is 0 Å². The molecule has 0 aliphatic carbocycles. The quantitative estimate of drug-likeness (QED) is 0.751. The number of hydrogen-bond donors (Lipinski definition) is 0. The molecule has 2 aromatic rings. The molecule has 1 aliphatic heterocycles. The molecule has 3 rings (SSSR count). The first-order chi connectivity index (χ1) is 11.7. The highest BCUT2D eigenvalue weighted by molar-refractivity contribution is 9.09. The van der Waals surface area contributed by atoms with E-state index in [0.29, 0.717) is 13.0 Å². The monoisotopic (exact) mass is 387 g/mol. The van der Waals surface area contributed by atoms with Crippen LogP contribution in [0.15, 0.2) is 54.6 Å². The second-order valence-corrected chi connectivity index (χ2v) is 6.32. The minimum Gasteiger partial charge on any atom is -0.445 e. The maximum Gasteiger partial charge on any atom is 0.411 e. The van der Waals surface area contributed by atoms with Gasteiger partial charge in [-0.15, -0.1) is 0 Å². The van der Waals surface area contributed by atoms with Crippen LogP contribution in [0.4, 0.5) is 4.79 Å². The van der Waals surface area contributed by atoms with Crippen LogP contribution in [0.1, 0.15) is 16.7 Å². The van der Waals surface area contributed by atoms with E-state index in [1.165, 1.54) is 4.90 Å². The van der Waals surface area contributed by atoms with Gasteiger partial charge in [-0.25, -0.2) is 4.79 Å². The van der Waals surface area contributed by atoms with Crippen LogP contribution in [0, 0.1) is 0 Å². The number of Topliss-reactive ketones (excluding diaryl/α,β-unsaturated/α-hetero) is 1. The Labute approximate surface area is 149 Å². The summed E-state index contributed by atoms with van der Waals surface area (Å²) >= 11 is 3.21. The fourth-order valence-electron chi connectivity index (χ4n) is 2.89. The van der Waals surface area contributed by atoms with Crippen molar-refractivity contribution in [2.24, 2.45) is 0 Å². The molecule has 0 bridgehead atoms. The summed E-state index contributed by atoms with van der Waals surface area (Å²) in [6.45, 7) is 0.597. The number of ether oxygens (including phenoxy) is 1. The Morgan fingerprint density at radius 1 is 1.04 bits per heavy atom. The molecule has 4 nitrogen and oxygen atoms in total. The topological polar surface area (TPSA) is 46.6 Å². The molecule has 0 N–H and O–H groups in total. The van der Waals surface area contributed by atoms with Crippen LogP contribution in [0.2, 0.25) is 0 Å². The molecule has 0 spiro atoms. The second-order valence-electron chi connectivity index (χ2n) is 5.76. The van der Waals surface area contributed by atoms with Crippen molar-refractivity contribution < 1.29 is 14.3 Å². The molecular formula is C19H18BrNO3. The summed E-state index contributed by atoms with van der Waals surface area (Å²) in [5.74, 6) is -0.0128. The first-order valence-corrected chi connectivity index (χ1v) is 8.94. The fourth-order valence-corrected chi connectivity index (χ4v) is 3.27. The normalized spacial score (nSPS) is 16.4. The molecule has 5 heteroatoms. The van der Waals surface area contributed by atoms with E-state index in [9.17, 15) is 9.59 Å². The molecule has 1 amide bonds. The summed E-state index contributed by atoms with van der Waals surface area (Å²) in [5, 5.41) is 0.225. The standard InChI is InChI=1S/C19H18BrNO3/c20-11-18(22)17-10-15-8-4-5-9-16(15)12-21(17)19(23)24-13-14-6-2-1-3-7-14/h1-9,17H,10-13H2. The van der Waals surface area contributed by atoms with Crippen LogP contribution in [-0.2, 0) is 29.1 Å². The SMILES string of the molecule is O=C(CBr)C1Cc2ccccc2CN1C(=O)OCc1ccccc1. The minimum atomic E-state index is -0.484. The highest BCUT2D eigenvalue weighted by atomic mass is 79.9. The van der Waals surface area contributed by atoms with E-state index < -0.39 is 12.1 Å². The van der Waals surface area contributed by atoms with Gasteiger partial charge in [0.05, 0.1) is 17.9 Å². The van der Waals surface area contributed by atoms with Crippen molar-refractivity contribution in [2.75, 3.05) is 5.33 Å². The van der Waals surface area contributed by atoms with Gasteiger partial charge in [-0.1, -0.05) is 70.5 Å². The Bertz CT molecular complexity index is 732. The predicted molar refractivity (Wildman–Crippen MR) is 94.9 cm³/mol. The van der Waals surface area contributed by atoms with Crippen molar-refractivity contribution in [3.8, 4) is 0 Å². The molecule has 0 saturated carbocycles. The van der Waals surface area contributed by atoms with Gasteiger partial charge >= 0.3 is 6.09 Å². The maximum atomic E-state index is 12.5. The third-order valence-corrected chi connectivity index (χ3v) is 4.74. The summed E-state index contributed by atoms with van der Waals surface area (Å²) in [7, 11) is 0. The van der Waals surface area contributed by atoms with Crippen molar-refractivity contribution in [2.45, 2.75) is 25.6 Å². The lowest BCUT2D eigenvalue weighted by Gasteiger charge is -2.35. The van der Waals surface area contributed by atoms with E-state index in [1.807, 2.05) is 54.6 Å². The van der Waals surface area contributed by atoms with Crippen molar-refractivity contribution in [3.05, 3.63) is 71.3 Å². The molecule has 0 saturated heterocycles. The fraction of sp³-hybridized carbons (Fsp3) is 0.263. The number of ketones is 1. The number of hydrogen-bond acceptors (Lipinski definition) is 3. The lowest BCUT2D eigenvalue weighted by atomic mass is 9.92. The molecule has 0 aromatic heterocycles. The molecule has 0 fully saturated rings. The van der Waals surface area contributed by atoms with Gasteiger partial charge in [-0.2, -0.15) is 0 Å². The van der Waals surface area contributed by atoms with Crippen LogP contribution in [0.3, 0.4) is 0 Å². The molecule has 2 aromatic carbocycles. The zero-order chi connectivity index (χ0) is 16.9. The highest BCUT2D eigenvalue weighted by Crippen LogP contribution is 2.25. The van der Waals surface area contributed by atoms with Crippen LogP contribution in [0.25, 0.3) is 0 Å². The Hall–Kier alpha value is -2.14. The number of nitrogens with zero attached hydrogens (tertiary/aromatic N) is 1. The van der Waals surface area contributed by atoms with E-state index in [-0.39, 0.29) is 17.7 Å². The number of halogens is 1. The van der Waals surface area contributed by atoms with Crippen LogP contribution in [-0.4, -0.2) is 28.1 Å². The molecular weight excluding hydrogens is 370 g/mol. The van der Waals surface area contributed by atoms with E-state index in [0.717, 1.165) is 16.7 Å². The van der Waals surface area contributed by atoms with Crippen LogP contribution >= 0.6 is 15.9 Å². The number of rotatable bonds is 4. The first kappa shape index (κ1) is 16.7. The number of alkyl halides is 1. The van der Waals surface area contributed by atoms with Gasteiger partial charge in [0.2, 0.25) is 0 Å². The zero-order valence-electron chi connectivity index (χ0n) is 13.2. The Morgan fingerprint density at radius 2 is 1.71 bits per heavy atom. The second kappa shape index (κ2) is 7.62. The van der Waals surface area contributed by atoms with Gasteiger partial charge < -0.3 is 4.74 Å². The number of carbonyl (C=O) groups excluding carboxylic acids is 2. The van der Waals surface area contributed by atoms with Gasteiger partial charge in [0, 0.05) is 6.42 Å². The first-order valence-electron chi connectivity index (χ1n) is 7.82. The van der Waals surface area contributed by atoms with Crippen molar-refractivity contribution in [3.63, 3.8) is 0 Å². The molecule has 24 heavy (non-hydrogen) atoms. The largest absolute Gasteiger partial charge is 0.445 e. The van der Waals surface area contributed by atoms with Gasteiger partial charge in [-0.3, -0.25) is 9.69 Å². The van der Waals surface area contributed by atoms with Crippen molar-refractivity contribution >= 4 is 27.8 Å². The number of benzene rings is 2. The summed E-state index contributed by atoms with van der Waals surface area (Å²) in [6.07, 6.45) is 0.0776. The van der Waals surface area contributed by atoms with E-state index in [2.05, 4.69) is 15.9 Å². The molecule has 124 valence electrons. The van der Waals surface area contributed by atoms with Crippen molar-refractivity contribution in [1.29, 1.82) is 0 Å². The third kappa shape index (κ3) is 3.67. The number of fused-ring (bicyclic) bond motifs is 1. The number of carbonyl (C=O) groups is 2. The maximum absolute atomic E-state index is 12.5. The van der Waals surface area contributed by atoms with E-state index in [4.69, 9.17) is 4.74 Å². The van der Waals surface area contributed by atoms with Crippen molar-refractivity contribution in [1.82, 2.24) is 4.90 Å². The van der Waals surface area contributed by atoms with Gasteiger partial charge in [-0.05, 0) is 16.7 Å². The lowest BCUT2D eigenvalue weighted by Crippen LogP contribution is -2.49. The van der Waals surface area contributed by atoms with Crippen LogP contribution < -0.4 is 0 Å². The smallest absolute Gasteiger partial charge is 0.411 e. The highest BCUT2D eigenvalue weighted by Gasteiger charge is 2.34. The molecule has 1 unspecified atom stereocenters. The molecule has 0 radical (unpaired) electrons.